The topological polar surface area (TPSA) is 0 Å². The van der Waals surface area contributed by atoms with Gasteiger partial charge in [0, 0.05) is 15.4 Å². The molecule has 2 aliphatic carbocycles. The largest absolute Gasteiger partial charge is 3.00 e. The molecular formula is C42H37Cl2SiZr. The van der Waals surface area contributed by atoms with Crippen LogP contribution in [0.15, 0.2) is 115 Å². The van der Waals surface area contributed by atoms with Crippen molar-refractivity contribution in [3.8, 4) is 22.3 Å². The standard InChI is InChI=1S/C40H31.C2H6Si.2ClH.Zr/c1-3-25(2)36-24-39-33(37-22-26-12-4-6-14-28(26)30-16-8-9-17-32(30)37)19-11-21-35(39)40(36)34-20-10-18-31-29-15-7-5-13-27(29)23-38(31)34;1-3-2;;;/h4-19,21-22,24-25,40H,3,23H2,1-2H3;1-2H3;2*1H;/q-1;;;;+3/p-2. The van der Waals surface area contributed by atoms with Crippen LogP contribution in [0, 0.1) is 12.0 Å². The summed E-state index contributed by atoms with van der Waals surface area (Å²) in [6.07, 6.45) is 4.65. The predicted molar refractivity (Wildman–Crippen MR) is 187 cm³/mol. The Hall–Kier alpha value is -2.74. The van der Waals surface area contributed by atoms with Gasteiger partial charge in [-0.05, 0) is 79.8 Å². The second-order valence-electron chi connectivity index (χ2n) is 12.0. The van der Waals surface area contributed by atoms with Gasteiger partial charge in [-0.2, -0.15) is 18.2 Å². The van der Waals surface area contributed by atoms with Crippen molar-refractivity contribution in [3.05, 3.63) is 149 Å². The van der Waals surface area contributed by atoms with E-state index in [1.54, 1.807) is 0 Å². The molecule has 2 atom stereocenters. The summed E-state index contributed by atoms with van der Waals surface area (Å²) in [4.78, 5) is 0. The molecule has 0 fully saturated rings. The minimum atomic E-state index is 0. The Labute approximate surface area is 308 Å². The molecule has 0 N–H and O–H groups in total. The van der Waals surface area contributed by atoms with Crippen molar-refractivity contribution in [2.24, 2.45) is 5.92 Å². The summed E-state index contributed by atoms with van der Waals surface area (Å²) in [5.41, 5.74) is 14.0. The van der Waals surface area contributed by atoms with Gasteiger partial charge in [-0.15, -0.1) is 16.7 Å². The van der Waals surface area contributed by atoms with Crippen molar-refractivity contribution in [1.82, 2.24) is 0 Å². The second kappa shape index (κ2) is 15.4. The van der Waals surface area contributed by atoms with Gasteiger partial charge in [0.1, 0.15) is 0 Å². The Morgan fingerprint density at radius 2 is 1.39 bits per heavy atom. The molecule has 46 heavy (non-hydrogen) atoms. The smallest absolute Gasteiger partial charge is 1.00 e. The van der Waals surface area contributed by atoms with Crippen LogP contribution in [0.5, 0.6) is 0 Å². The molecule has 0 bridgehead atoms. The number of hydrogen-bond acceptors (Lipinski definition) is 0. The van der Waals surface area contributed by atoms with Crippen LogP contribution in [0.3, 0.4) is 0 Å². The number of allylic oxidation sites excluding steroid dienone is 1. The van der Waals surface area contributed by atoms with Crippen LogP contribution in [-0.4, -0.2) is 9.52 Å². The molecule has 0 heterocycles. The van der Waals surface area contributed by atoms with Crippen molar-refractivity contribution < 1.29 is 51.0 Å². The van der Waals surface area contributed by atoms with E-state index in [1.165, 1.54) is 77.2 Å². The van der Waals surface area contributed by atoms with Crippen LogP contribution >= 0.6 is 0 Å². The van der Waals surface area contributed by atoms with Crippen LogP contribution in [-0.2, 0) is 32.6 Å². The molecule has 0 spiro atoms. The van der Waals surface area contributed by atoms with E-state index in [2.05, 4.69) is 148 Å². The van der Waals surface area contributed by atoms with E-state index >= 15 is 0 Å². The number of fused-ring (bicyclic) bond motifs is 7. The molecule has 4 heteroatoms. The van der Waals surface area contributed by atoms with Gasteiger partial charge in [0.2, 0.25) is 0 Å². The van der Waals surface area contributed by atoms with Gasteiger partial charge in [0.25, 0.3) is 0 Å². The summed E-state index contributed by atoms with van der Waals surface area (Å²) in [7, 11) is 1.08. The second-order valence-corrected chi connectivity index (χ2v) is 13.0. The van der Waals surface area contributed by atoms with E-state index in [4.69, 9.17) is 0 Å². The first-order valence-corrected chi connectivity index (χ1v) is 17.6. The SMILES string of the molecule is CCC(C)C1=Cc2c(-c3cc4ccccc4c4ccccc34)cccc2C1c1[c-]ccc2c1Cc1ccccc1-2.C[Si]C.[Cl-].[Cl-].[Zr+3]. The third-order valence-electron chi connectivity index (χ3n) is 9.44. The molecule has 0 aromatic heterocycles. The number of benzene rings is 6. The van der Waals surface area contributed by atoms with Crippen molar-refractivity contribution in [2.75, 3.05) is 0 Å². The molecule has 0 saturated heterocycles. The average molecular weight is 732 g/mol. The first-order valence-electron chi connectivity index (χ1n) is 15.6. The quantitative estimate of drug-likeness (QED) is 0.129. The normalized spacial score (nSPS) is 14.3. The minimum Gasteiger partial charge on any atom is -1.00 e. The van der Waals surface area contributed by atoms with Crippen LogP contribution < -0.4 is 24.8 Å². The average Bonchev–Trinajstić information content (AvgIpc) is 3.63. The Morgan fingerprint density at radius 1 is 0.739 bits per heavy atom. The predicted octanol–water partition coefficient (Wildman–Crippen LogP) is 5.40. The summed E-state index contributed by atoms with van der Waals surface area (Å²) < 4.78 is 0. The minimum absolute atomic E-state index is 0. The zero-order chi connectivity index (χ0) is 29.5. The molecular weight excluding hydrogens is 695 g/mol. The molecule has 2 unspecified atom stereocenters. The zero-order valence-corrected chi connectivity index (χ0v) is 31.8. The van der Waals surface area contributed by atoms with Gasteiger partial charge < -0.3 is 24.8 Å². The number of halogens is 2. The van der Waals surface area contributed by atoms with Crippen molar-refractivity contribution in [1.29, 1.82) is 0 Å². The van der Waals surface area contributed by atoms with Crippen LogP contribution in [0.4, 0.5) is 0 Å². The molecule has 0 aliphatic heterocycles. The van der Waals surface area contributed by atoms with Gasteiger partial charge >= 0.3 is 26.2 Å². The molecule has 2 aliphatic rings. The van der Waals surface area contributed by atoms with Gasteiger partial charge in [-0.25, -0.2) is 0 Å². The molecule has 0 nitrogen and oxygen atoms in total. The van der Waals surface area contributed by atoms with Crippen molar-refractivity contribution in [2.45, 2.75) is 45.7 Å². The molecule has 6 aromatic rings. The number of rotatable bonds is 4. The molecule has 0 saturated carbocycles. The van der Waals surface area contributed by atoms with Crippen LogP contribution in [0.1, 0.15) is 54.0 Å². The van der Waals surface area contributed by atoms with E-state index in [-0.39, 0.29) is 56.9 Å². The summed E-state index contributed by atoms with van der Waals surface area (Å²) in [5.74, 6) is 0.729. The van der Waals surface area contributed by atoms with E-state index in [1.807, 2.05) is 0 Å². The molecule has 227 valence electrons. The maximum Gasteiger partial charge on any atom is 3.00 e. The Balaban J connectivity index is 0.000000772. The van der Waals surface area contributed by atoms with E-state index < -0.39 is 0 Å². The van der Waals surface area contributed by atoms with Gasteiger partial charge in [0.05, 0.1) is 0 Å². The Morgan fingerprint density at radius 3 is 2.15 bits per heavy atom. The fourth-order valence-corrected chi connectivity index (χ4v) is 7.30. The molecule has 6 aromatic carbocycles. The van der Waals surface area contributed by atoms with Gasteiger partial charge in [-0.1, -0.05) is 130 Å². The Kier molecular flexibility index (Phi) is 12.1. The maximum absolute atomic E-state index is 3.77. The van der Waals surface area contributed by atoms with Crippen LogP contribution in [0.2, 0.25) is 13.1 Å². The first kappa shape index (κ1) is 36.1. The van der Waals surface area contributed by atoms with Crippen molar-refractivity contribution >= 4 is 37.1 Å². The van der Waals surface area contributed by atoms with Crippen molar-refractivity contribution in [3.63, 3.8) is 0 Å². The van der Waals surface area contributed by atoms with E-state index in [9.17, 15) is 0 Å². The fraction of sp³-hybridized carbons (Fsp3) is 0.190. The summed E-state index contributed by atoms with van der Waals surface area (Å²) in [6.45, 7) is 9.02. The monoisotopic (exact) mass is 729 g/mol. The zero-order valence-electron chi connectivity index (χ0n) is 26.8. The maximum atomic E-state index is 3.77. The van der Waals surface area contributed by atoms with E-state index in [0.717, 1.165) is 22.4 Å². The number of hydrogen-bond donors (Lipinski definition) is 0. The first-order chi connectivity index (χ1) is 21.1. The summed E-state index contributed by atoms with van der Waals surface area (Å²) >= 11 is 0. The summed E-state index contributed by atoms with van der Waals surface area (Å²) in [5, 5.41) is 5.25. The van der Waals surface area contributed by atoms with Gasteiger partial charge in [-0.3, -0.25) is 0 Å². The molecule has 8 rings (SSSR count). The third kappa shape index (κ3) is 6.15. The molecule has 3 radical (unpaired) electrons. The Bertz CT molecular complexity index is 2030. The third-order valence-corrected chi connectivity index (χ3v) is 9.44. The van der Waals surface area contributed by atoms with Crippen LogP contribution in [0.25, 0.3) is 49.9 Å². The fourth-order valence-electron chi connectivity index (χ4n) is 7.30. The summed E-state index contributed by atoms with van der Waals surface area (Å²) in [6, 6.07) is 44.2. The molecule has 0 amide bonds. The van der Waals surface area contributed by atoms with Gasteiger partial charge in [0.15, 0.2) is 0 Å². The van der Waals surface area contributed by atoms with E-state index in [0.29, 0.717) is 5.92 Å².